The van der Waals surface area contributed by atoms with Crippen molar-refractivity contribution in [3.05, 3.63) is 77.2 Å². The Morgan fingerprint density at radius 1 is 1.09 bits per heavy atom. The van der Waals surface area contributed by atoms with Crippen LogP contribution in [0.3, 0.4) is 0 Å². The molecule has 0 saturated heterocycles. The Kier molecular flexibility index (Phi) is 5.92. The Hall–Kier alpha value is -2.97. The molecule has 0 fully saturated rings. The quantitative estimate of drug-likeness (QED) is 0.371. The van der Waals surface area contributed by atoms with Crippen molar-refractivity contribution in [3.63, 3.8) is 0 Å². The molecule has 6 nitrogen and oxygen atoms in total. The van der Waals surface area contributed by atoms with Gasteiger partial charge in [-0.25, -0.2) is 13.4 Å². The number of hydrogen-bond donors (Lipinski definition) is 0. The van der Waals surface area contributed by atoms with Crippen LogP contribution in [-0.2, 0) is 16.4 Å². The van der Waals surface area contributed by atoms with Crippen molar-refractivity contribution in [2.24, 2.45) is 0 Å². The highest BCUT2D eigenvalue weighted by Crippen LogP contribution is 2.33. The summed E-state index contributed by atoms with van der Waals surface area (Å²) in [6, 6.07) is 13.7. The van der Waals surface area contributed by atoms with E-state index in [4.69, 9.17) is 9.40 Å². The van der Waals surface area contributed by atoms with Crippen molar-refractivity contribution in [3.8, 4) is 0 Å². The van der Waals surface area contributed by atoms with E-state index in [1.807, 2.05) is 26.0 Å². The molecule has 0 saturated carbocycles. The lowest BCUT2D eigenvalue weighted by molar-refractivity contribution is 0.0983. The van der Waals surface area contributed by atoms with Gasteiger partial charge in [-0.2, -0.15) is 0 Å². The predicted octanol–water partition coefficient (Wildman–Crippen LogP) is 5.54. The third kappa shape index (κ3) is 4.08. The normalized spacial score (nSPS) is 11.9. The number of anilines is 1. The molecule has 0 atom stereocenters. The standard InChI is InChI=1S/C24H24N2O4S2/c1-15(2)32(28,29)20-10-8-18(9-11-20)23(27)26(14-19-6-5-13-30-19)24-25-22-17(4)16(3)7-12-21(22)31-24/h5-13,15H,14H2,1-4H3. The SMILES string of the molecule is Cc1ccc2sc(N(Cc3ccco3)C(=O)c3ccc(S(=O)(=O)C(C)C)cc3)nc2c1C. The molecule has 0 aliphatic rings. The molecule has 4 rings (SSSR count). The number of thiazole rings is 1. The van der Waals surface area contributed by atoms with Crippen molar-refractivity contribution in [2.45, 2.75) is 44.4 Å². The number of hydrogen-bond acceptors (Lipinski definition) is 6. The molecule has 32 heavy (non-hydrogen) atoms. The van der Waals surface area contributed by atoms with Crippen molar-refractivity contribution in [1.82, 2.24) is 4.98 Å². The van der Waals surface area contributed by atoms with E-state index >= 15 is 0 Å². The van der Waals surface area contributed by atoms with Gasteiger partial charge in [0.05, 0.1) is 33.2 Å². The van der Waals surface area contributed by atoms with E-state index in [1.165, 1.54) is 23.5 Å². The van der Waals surface area contributed by atoms with Crippen molar-refractivity contribution < 1.29 is 17.6 Å². The number of furan rings is 1. The van der Waals surface area contributed by atoms with Crippen molar-refractivity contribution in [1.29, 1.82) is 0 Å². The van der Waals surface area contributed by atoms with E-state index in [2.05, 4.69) is 0 Å². The lowest BCUT2D eigenvalue weighted by atomic mass is 10.1. The molecule has 0 N–H and O–H groups in total. The number of aryl methyl sites for hydroxylation is 2. The molecule has 0 aliphatic carbocycles. The number of amides is 1. The molecule has 2 heterocycles. The molecular formula is C24H24N2O4S2. The average Bonchev–Trinajstić information content (AvgIpc) is 3.44. The number of aromatic nitrogens is 1. The molecule has 0 unspecified atom stereocenters. The predicted molar refractivity (Wildman–Crippen MR) is 127 cm³/mol. The number of carbonyl (C=O) groups excluding carboxylic acids is 1. The smallest absolute Gasteiger partial charge is 0.260 e. The van der Waals surface area contributed by atoms with Crippen LogP contribution >= 0.6 is 11.3 Å². The van der Waals surface area contributed by atoms with E-state index in [9.17, 15) is 13.2 Å². The monoisotopic (exact) mass is 468 g/mol. The maximum Gasteiger partial charge on any atom is 0.260 e. The molecule has 4 aromatic rings. The molecule has 2 aromatic heterocycles. The fourth-order valence-electron chi connectivity index (χ4n) is 3.33. The second-order valence-corrected chi connectivity index (χ2v) is 11.5. The van der Waals surface area contributed by atoms with Crippen LogP contribution in [0.2, 0.25) is 0 Å². The van der Waals surface area contributed by atoms with Gasteiger partial charge in [-0.05, 0) is 81.3 Å². The summed E-state index contributed by atoms with van der Waals surface area (Å²) >= 11 is 1.44. The zero-order valence-corrected chi connectivity index (χ0v) is 20.0. The Morgan fingerprint density at radius 3 is 2.44 bits per heavy atom. The number of carbonyl (C=O) groups is 1. The van der Waals surface area contributed by atoms with Gasteiger partial charge < -0.3 is 4.42 Å². The summed E-state index contributed by atoms with van der Waals surface area (Å²) in [5.41, 5.74) is 3.48. The number of fused-ring (bicyclic) bond motifs is 1. The van der Waals surface area contributed by atoms with Gasteiger partial charge in [-0.1, -0.05) is 17.4 Å². The third-order valence-corrected chi connectivity index (χ3v) is 8.71. The highest BCUT2D eigenvalue weighted by Gasteiger charge is 2.25. The average molecular weight is 469 g/mol. The van der Waals surface area contributed by atoms with Crippen LogP contribution in [0.1, 0.15) is 41.1 Å². The van der Waals surface area contributed by atoms with Gasteiger partial charge in [0.25, 0.3) is 5.91 Å². The summed E-state index contributed by atoms with van der Waals surface area (Å²) < 4.78 is 31.3. The van der Waals surface area contributed by atoms with Gasteiger partial charge in [0.15, 0.2) is 15.0 Å². The van der Waals surface area contributed by atoms with Crippen LogP contribution in [0, 0.1) is 13.8 Å². The third-order valence-electron chi connectivity index (χ3n) is 5.49. The van der Waals surface area contributed by atoms with Crippen LogP contribution < -0.4 is 4.90 Å². The number of rotatable bonds is 6. The molecule has 0 aliphatic heterocycles. The summed E-state index contributed by atoms with van der Waals surface area (Å²) in [5.74, 6) is 0.354. The van der Waals surface area contributed by atoms with Crippen LogP contribution in [0.25, 0.3) is 10.2 Å². The molecule has 1 amide bonds. The van der Waals surface area contributed by atoms with Gasteiger partial charge in [0.1, 0.15) is 5.76 Å². The molecule has 0 radical (unpaired) electrons. The minimum atomic E-state index is -3.41. The number of nitrogens with zero attached hydrogens (tertiary/aromatic N) is 2. The first-order valence-electron chi connectivity index (χ1n) is 10.2. The first-order valence-corrected chi connectivity index (χ1v) is 12.6. The first kappa shape index (κ1) is 22.2. The van der Waals surface area contributed by atoms with E-state index in [1.54, 1.807) is 49.3 Å². The molecule has 8 heteroatoms. The molecule has 0 bridgehead atoms. The number of benzene rings is 2. The van der Waals surface area contributed by atoms with Crippen molar-refractivity contribution in [2.75, 3.05) is 4.90 Å². The summed E-state index contributed by atoms with van der Waals surface area (Å²) in [7, 11) is -3.41. The molecule has 2 aromatic carbocycles. The van der Waals surface area contributed by atoms with E-state index in [-0.39, 0.29) is 17.3 Å². The van der Waals surface area contributed by atoms with Gasteiger partial charge >= 0.3 is 0 Å². The maximum absolute atomic E-state index is 13.5. The highest BCUT2D eigenvalue weighted by atomic mass is 32.2. The first-order chi connectivity index (χ1) is 15.2. The molecule has 166 valence electrons. The lowest BCUT2D eigenvalue weighted by Crippen LogP contribution is -2.30. The maximum atomic E-state index is 13.5. The Bertz CT molecular complexity index is 1370. The van der Waals surface area contributed by atoms with Crippen LogP contribution in [0.4, 0.5) is 5.13 Å². The summed E-state index contributed by atoms with van der Waals surface area (Å²) in [4.78, 5) is 20.0. The fraction of sp³-hybridized carbons (Fsp3) is 0.250. The van der Waals surface area contributed by atoms with E-state index in [0.29, 0.717) is 16.5 Å². The minimum Gasteiger partial charge on any atom is -0.467 e. The zero-order chi connectivity index (χ0) is 23.0. The summed E-state index contributed by atoms with van der Waals surface area (Å²) in [5, 5.41) is 0.0305. The van der Waals surface area contributed by atoms with E-state index < -0.39 is 15.1 Å². The van der Waals surface area contributed by atoms with Gasteiger partial charge in [0.2, 0.25) is 0 Å². The fourth-order valence-corrected chi connectivity index (χ4v) is 5.41. The van der Waals surface area contributed by atoms with E-state index in [0.717, 1.165) is 21.3 Å². The second-order valence-electron chi connectivity index (χ2n) is 7.94. The van der Waals surface area contributed by atoms with Crippen LogP contribution in [-0.4, -0.2) is 24.6 Å². The van der Waals surface area contributed by atoms with Gasteiger partial charge in [-0.15, -0.1) is 0 Å². The number of sulfone groups is 1. The largest absolute Gasteiger partial charge is 0.467 e. The van der Waals surface area contributed by atoms with Gasteiger partial charge in [0, 0.05) is 5.56 Å². The highest BCUT2D eigenvalue weighted by molar-refractivity contribution is 7.92. The molecular weight excluding hydrogens is 444 g/mol. The Balaban J connectivity index is 1.74. The second kappa shape index (κ2) is 8.52. The van der Waals surface area contributed by atoms with Gasteiger partial charge in [-0.3, -0.25) is 9.69 Å². The Morgan fingerprint density at radius 2 is 1.81 bits per heavy atom. The lowest BCUT2D eigenvalue weighted by Gasteiger charge is -2.19. The Labute approximate surface area is 191 Å². The summed E-state index contributed by atoms with van der Waals surface area (Å²) in [6.45, 7) is 7.54. The van der Waals surface area contributed by atoms with Crippen LogP contribution in [0.5, 0.6) is 0 Å². The molecule has 0 spiro atoms. The topological polar surface area (TPSA) is 80.5 Å². The summed E-state index contributed by atoms with van der Waals surface area (Å²) in [6.07, 6.45) is 1.56. The van der Waals surface area contributed by atoms with Crippen LogP contribution in [0.15, 0.2) is 64.1 Å². The minimum absolute atomic E-state index is 0.202. The van der Waals surface area contributed by atoms with Crippen molar-refractivity contribution >= 4 is 42.4 Å². The zero-order valence-electron chi connectivity index (χ0n) is 18.3.